The minimum Gasteiger partial charge on any atom is -0.478 e. The molecular formula is C10H12ClNO2. The number of hydrogen-bond donors (Lipinski definition) is 2. The summed E-state index contributed by atoms with van der Waals surface area (Å²) in [6.45, 7) is 1.80. The maximum absolute atomic E-state index is 10.7. The van der Waals surface area contributed by atoms with Crippen molar-refractivity contribution in [3.8, 4) is 0 Å². The van der Waals surface area contributed by atoms with E-state index in [1.165, 1.54) is 11.1 Å². The Morgan fingerprint density at radius 2 is 2.14 bits per heavy atom. The van der Waals surface area contributed by atoms with Crippen LogP contribution in [0.25, 0.3) is 0 Å². The van der Waals surface area contributed by atoms with Crippen LogP contribution in [0.3, 0.4) is 0 Å². The molecule has 3 nitrogen and oxygen atoms in total. The minimum absolute atomic E-state index is 0. The Balaban J connectivity index is 0.000000980. The fourth-order valence-corrected chi connectivity index (χ4v) is 1.61. The normalized spacial score (nSPS) is 14.0. The molecule has 0 bridgehead atoms. The highest BCUT2D eigenvalue weighted by Gasteiger charge is 2.10. The Kier molecular flexibility index (Phi) is 3.49. The lowest BCUT2D eigenvalue weighted by atomic mass is 9.98. The first kappa shape index (κ1) is 11.0. The molecular weight excluding hydrogens is 202 g/mol. The van der Waals surface area contributed by atoms with Crippen molar-refractivity contribution in [2.24, 2.45) is 0 Å². The average molecular weight is 214 g/mol. The molecule has 0 spiro atoms. The van der Waals surface area contributed by atoms with Crippen LogP contribution in [-0.2, 0) is 13.0 Å². The van der Waals surface area contributed by atoms with Crippen molar-refractivity contribution in [3.05, 3.63) is 34.9 Å². The van der Waals surface area contributed by atoms with E-state index in [9.17, 15) is 4.79 Å². The molecule has 0 unspecified atom stereocenters. The van der Waals surface area contributed by atoms with Crippen molar-refractivity contribution in [2.75, 3.05) is 6.54 Å². The van der Waals surface area contributed by atoms with Gasteiger partial charge < -0.3 is 10.4 Å². The third-order valence-electron chi connectivity index (χ3n) is 2.34. The second-order valence-corrected chi connectivity index (χ2v) is 3.22. The summed E-state index contributed by atoms with van der Waals surface area (Å²) in [7, 11) is 0. The molecule has 0 radical (unpaired) electrons. The predicted octanol–water partition coefficient (Wildman–Crippen LogP) is 1.45. The lowest BCUT2D eigenvalue weighted by Crippen LogP contribution is -2.23. The van der Waals surface area contributed by atoms with Crippen LogP contribution in [0.15, 0.2) is 18.2 Å². The number of benzene rings is 1. The molecule has 1 aliphatic heterocycles. The van der Waals surface area contributed by atoms with E-state index >= 15 is 0 Å². The Hall–Kier alpha value is -1.06. The zero-order valence-electron chi connectivity index (χ0n) is 7.62. The summed E-state index contributed by atoms with van der Waals surface area (Å²) >= 11 is 0. The highest BCUT2D eigenvalue weighted by atomic mass is 35.5. The van der Waals surface area contributed by atoms with E-state index in [0.29, 0.717) is 5.56 Å². The topological polar surface area (TPSA) is 49.3 Å². The number of carbonyl (C=O) groups is 1. The molecule has 2 N–H and O–H groups in total. The molecule has 0 fully saturated rings. The first-order valence-corrected chi connectivity index (χ1v) is 4.33. The van der Waals surface area contributed by atoms with E-state index in [1.807, 2.05) is 6.07 Å². The molecule has 0 saturated heterocycles. The zero-order chi connectivity index (χ0) is 9.26. The van der Waals surface area contributed by atoms with Crippen LogP contribution in [0.5, 0.6) is 0 Å². The Morgan fingerprint density at radius 3 is 2.86 bits per heavy atom. The van der Waals surface area contributed by atoms with Crippen LogP contribution < -0.4 is 5.32 Å². The average Bonchev–Trinajstić information content (AvgIpc) is 2.17. The SMILES string of the molecule is Cl.O=C(O)c1ccc2c(c1)CCNC2. The summed E-state index contributed by atoms with van der Waals surface area (Å²) in [4.78, 5) is 10.7. The number of aromatic carboxylic acids is 1. The van der Waals surface area contributed by atoms with Gasteiger partial charge in [0.2, 0.25) is 0 Å². The summed E-state index contributed by atoms with van der Waals surface area (Å²) in [6.07, 6.45) is 0.927. The van der Waals surface area contributed by atoms with E-state index in [1.54, 1.807) is 12.1 Å². The number of carboxylic acid groups (broad SMARTS) is 1. The molecule has 0 aromatic heterocycles. The smallest absolute Gasteiger partial charge is 0.335 e. The lowest BCUT2D eigenvalue weighted by molar-refractivity contribution is 0.0696. The molecule has 76 valence electrons. The van der Waals surface area contributed by atoms with Gasteiger partial charge in [-0.25, -0.2) is 4.79 Å². The van der Waals surface area contributed by atoms with Gasteiger partial charge in [-0.15, -0.1) is 12.4 Å². The van der Waals surface area contributed by atoms with Crippen molar-refractivity contribution >= 4 is 18.4 Å². The van der Waals surface area contributed by atoms with Crippen molar-refractivity contribution in [2.45, 2.75) is 13.0 Å². The van der Waals surface area contributed by atoms with Crippen LogP contribution in [0.4, 0.5) is 0 Å². The van der Waals surface area contributed by atoms with Crippen LogP contribution in [-0.4, -0.2) is 17.6 Å². The minimum atomic E-state index is -0.846. The maximum atomic E-state index is 10.7. The molecule has 0 atom stereocenters. The molecule has 14 heavy (non-hydrogen) atoms. The quantitative estimate of drug-likeness (QED) is 0.743. The highest BCUT2D eigenvalue weighted by molar-refractivity contribution is 5.87. The van der Waals surface area contributed by atoms with Crippen molar-refractivity contribution < 1.29 is 9.90 Å². The van der Waals surface area contributed by atoms with E-state index in [-0.39, 0.29) is 12.4 Å². The molecule has 1 heterocycles. The molecule has 1 aliphatic rings. The third-order valence-corrected chi connectivity index (χ3v) is 2.34. The van der Waals surface area contributed by atoms with Crippen LogP contribution >= 0.6 is 12.4 Å². The highest BCUT2D eigenvalue weighted by Crippen LogP contribution is 2.15. The summed E-state index contributed by atoms with van der Waals surface area (Å²) in [6, 6.07) is 5.33. The largest absolute Gasteiger partial charge is 0.478 e. The Labute approximate surface area is 88.5 Å². The number of rotatable bonds is 1. The number of carboxylic acids is 1. The van der Waals surface area contributed by atoms with E-state index in [0.717, 1.165) is 19.5 Å². The predicted molar refractivity (Wildman–Crippen MR) is 56.1 cm³/mol. The van der Waals surface area contributed by atoms with Gasteiger partial charge in [-0.2, -0.15) is 0 Å². The third kappa shape index (κ3) is 2.05. The Morgan fingerprint density at radius 1 is 1.36 bits per heavy atom. The fraction of sp³-hybridized carbons (Fsp3) is 0.300. The van der Waals surface area contributed by atoms with E-state index < -0.39 is 5.97 Å². The molecule has 0 saturated carbocycles. The summed E-state index contributed by atoms with van der Waals surface area (Å²) in [5, 5.41) is 12.0. The molecule has 0 amide bonds. The number of hydrogen-bond acceptors (Lipinski definition) is 2. The van der Waals surface area contributed by atoms with Gasteiger partial charge in [-0.05, 0) is 36.2 Å². The van der Waals surface area contributed by atoms with E-state index in [4.69, 9.17) is 5.11 Å². The van der Waals surface area contributed by atoms with Gasteiger partial charge in [-0.1, -0.05) is 6.07 Å². The molecule has 0 aliphatic carbocycles. The maximum Gasteiger partial charge on any atom is 0.335 e. The van der Waals surface area contributed by atoms with Crippen LogP contribution in [0.2, 0.25) is 0 Å². The summed E-state index contributed by atoms with van der Waals surface area (Å²) in [5.41, 5.74) is 2.77. The standard InChI is InChI=1S/C10H11NO2.ClH/c12-10(13)8-1-2-9-6-11-4-3-7(9)5-8;/h1-2,5,11H,3-4,6H2,(H,12,13);1H. The van der Waals surface area contributed by atoms with Gasteiger partial charge in [0.1, 0.15) is 0 Å². The van der Waals surface area contributed by atoms with Gasteiger partial charge in [0, 0.05) is 6.54 Å². The second-order valence-electron chi connectivity index (χ2n) is 3.22. The summed E-state index contributed by atoms with van der Waals surface area (Å²) in [5.74, 6) is -0.846. The fourth-order valence-electron chi connectivity index (χ4n) is 1.61. The van der Waals surface area contributed by atoms with Crippen molar-refractivity contribution in [1.82, 2.24) is 5.32 Å². The first-order chi connectivity index (χ1) is 6.27. The molecule has 1 aromatic rings. The number of nitrogens with one attached hydrogen (secondary N) is 1. The number of halogens is 1. The Bertz CT molecular complexity index is 352. The number of fused-ring (bicyclic) bond motifs is 1. The monoisotopic (exact) mass is 213 g/mol. The first-order valence-electron chi connectivity index (χ1n) is 4.33. The van der Waals surface area contributed by atoms with Gasteiger partial charge >= 0.3 is 5.97 Å². The lowest BCUT2D eigenvalue weighted by Gasteiger charge is -2.16. The van der Waals surface area contributed by atoms with Gasteiger partial charge in [0.15, 0.2) is 0 Å². The van der Waals surface area contributed by atoms with Crippen molar-refractivity contribution in [3.63, 3.8) is 0 Å². The van der Waals surface area contributed by atoms with Gasteiger partial charge in [0.05, 0.1) is 5.56 Å². The van der Waals surface area contributed by atoms with Crippen molar-refractivity contribution in [1.29, 1.82) is 0 Å². The second kappa shape index (κ2) is 4.44. The summed E-state index contributed by atoms with van der Waals surface area (Å²) < 4.78 is 0. The van der Waals surface area contributed by atoms with Gasteiger partial charge in [0.25, 0.3) is 0 Å². The van der Waals surface area contributed by atoms with Crippen LogP contribution in [0, 0.1) is 0 Å². The van der Waals surface area contributed by atoms with Gasteiger partial charge in [-0.3, -0.25) is 0 Å². The van der Waals surface area contributed by atoms with E-state index in [2.05, 4.69) is 5.32 Å². The molecule has 4 heteroatoms. The van der Waals surface area contributed by atoms with Crippen LogP contribution in [0.1, 0.15) is 21.5 Å². The zero-order valence-corrected chi connectivity index (χ0v) is 8.43. The molecule has 1 aromatic carbocycles. The molecule has 2 rings (SSSR count).